The lowest BCUT2D eigenvalue weighted by Crippen LogP contribution is -2.38. The van der Waals surface area contributed by atoms with Crippen molar-refractivity contribution in [3.8, 4) is 0 Å². The second-order valence-electron chi connectivity index (χ2n) is 4.45. The zero-order valence-electron chi connectivity index (χ0n) is 11.9. The zero-order chi connectivity index (χ0) is 15.0. The van der Waals surface area contributed by atoms with Crippen molar-refractivity contribution in [3.63, 3.8) is 0 Å². The first-order chi connectivity index (χ1) is 9.61. The molecule has 0 radical (unpaired) electrons. The minimum atomic E-state index is -0.209. The number of anilines is 1. The van der Waals surface area contributed by atoms with E-state index >= 15 is 0 Å². The zero-order valence-corrected chi connectivity index (χ0v) is 14.3. The van der Waals surface area contributed by atoms with Gasteiger partial charge in [0.2, 0.25) is 5.91 Å². The molecular weight excluding hydrogens is 342 g/mol. The van der Waals surface area contributed by atoms with Gasteiger partial charge in [0.1, 0.15) is 6.73 Å². The lowest BCUT2D eigenvalue weighted by molar-refractivity contribution is -0.119. The summed E-state index contributed by atoms with van der Waals surface area (Å²) in [5.74, 6) is -0.0139. The number of rotatable bonds is 8. The van der Waals surface area contributed by atoms with Crippen molar-refractivity contribution in [2.75, 3.05) is 18.2 Å². The first kappa shape index (κ1) is 17.5. The number of unbranched alkanes of at least 4 members (excludes halogenated alkanes) is 1. The van der Waals surface area contributed by atoms with E-state index in [-0.39, 0.29) is 17.5 Å². The summed E-state index contributed by atoms with van der Waals surface area (Å²) >= 11 is 9.66. The minimum Gasteiger partial charge on any atom is -0.361 e. The molecule has 0 saturated heterocycles. The molecule has 0 heterocycles. The van der Waals surface area contributed by atoms with Gasteiger partial charge in [0, 0.05) is 6.61 Å². The third kappa shape index (κ3) is 5.08. The Kier molecular flexibility index (Phi) is 8.19. The fraction of sp³-hybridized carbons (Fsp3) is 0.533. The van der Waals surface area contributed by atoms with Crippen molar-refractivity contribution in [3.05, 3.63) is 29.3 Å². The molecule has 0 fully saturated rings. The topological polar surface area (TPSA) is 29.5 Å². The molecule has 1 aromatic rings. The number of carbonyl (C=O) groups excluding carboxylic acids is 1. The number of halogens is 2. The quantitative estimate of drug-likeness (QED) is 0.499. The standard InChI is InChI=1S/C15H21BrClNO2/c1-3-5-8-12(16)15(19)18(11-20-4-2)14-10-7-6-9-13(14)17/h6-7,9-10,12H,3-5,8,11H2,1-2H3. The first-order valence-corrected chi connectivity index (χ1v) is 8.18. The number of hydrogen-bond acceptors (Lipinski definition) is 2. The molecule has 3 nitrogen and oxygen atoms in total. The molecule has 0 saturated carbocycles. The molecule has 20 heavy (non-hydrogen) atoms. The molecule has 5 heteroatoms. The maximum Gasteiger partial charge on any atom is 0.242 e. The summed E-state index contributed by atoms with van der Waals surface area (Å²) in [6, 6.07) is 7.32. The Labute approximate surface area is 134 Å². The fourth-order valence-corrected chi connectivity index (χ4v) is 2.59. The van der Waals surface area contributed by atoms with Gasteiger partial charge in [-0.3, -0.25) is 9.69 Å². The second-order valence-corrected chi connectivity index (χ2v) is 5.96. The Morgan fingerprint density at radius 3 is 2.70 bits per heavy atom. The molecule has 1 aromatic carbocycles. The van der Waals surface area contributed by atoms with Crippen LogP contribution in [0.2, 0.25) is 5.02 Å². The molecule has 0 spiro atoms. The van der Waals surface area contributed by atoms with Crippen molar-refractivity contribution in [1.82, 2.24) is 0 Å². The number of amides is 1. The maximum atomic E-state index is 12.5. The van der Waals surface area contributed by atoms with Crippen LogP contribution in [0.3, 0.4) is 0 Å². The van der Waals surface area contributed by atoms with Crippen LogP contribution in [0.15, 0.2) is 24.3 Å². The summed E-state index contributed by atoms with van der Waals surface area (Å²) in [5.41, 5.74) is 0.688. The van der Waals surface area contributed by atoms with Crippen LogP contribution in [0, 0.1) is 0 Å². The molecule has 1 amide bonds. The smallest absolute Gasteiger partial charge is 0.242 e. The number of hydrogen-bond donors (Lipinski definition) is 0. The summed E-state index contributed by atoms with van der Waals surface area (Å²) < 4.78 is 5.41. The molecule has 0 aliphatic rings. The van der Waals surface area contributed by atoms with Gasteiger partial charge in [-0.2, -0.15) is 0 Å². The summed E-state index contributed by atoms with van der Waals surface area (Å²) in [5, 5.41) is 0.552. The molecule has 0 aliphatic heterocycles. The summed E-state index contributed by atoms with van der Waals surface area (Å²) in [4.78, 5) is 13.9. The fourth-order valence-electron chi connectivity index (χ4n) is 1.78. The van der Waals surface area contributed by atoms with E-state index < -0.39 is 0 Å². The SMILES string of the molecule is CCCCC(Br)C(=O)N(COCC)c1ccccc1Cl. The number of nitrogens with zero attached hydrogens (tertiary/aromatic N) is 1. The Balaban J connectivity index is 2.88. The van der Waals surface area contributed by atoms with Crippen LogP contribution in [-0.4, -0.2) is 24.1 Å². The number of benzene rings is 1. The van der Waals surface area contributed by atoms with Crippen LogP contribution in [0.25, 0.3) is 0 Å². The Hall–Kier alpha value is -0.580. The van der Waals surface area contributed by atoms with Crippen LogP contribution in [-0.2, 0) is 9.53 Å². The molecular formula is C15H21BrClNO2. The normalized spacial score (nSPS) is 12.2. The highest BCUT2D eigenvalue weighted by atomic mass is 79.9. The largest absolute Gasteiger partial charge is 0.361 e. The number of carbonyl (C=O) groups is 1. The third-order valence-electron chi connectivity index (χ3n) is 2.91. The Morgan fingerprint density at radius 1 is 1.40 bits per heavy atom. The Bertz CT molecular complexity index is 428. The average molecular weight is 363 g/mol. The number of para-hydroxylation sites is 1. The predicted molar refractivity (Wildman–Crippen MR) is 87.7 cm³/mol. The summed E-state index contributed by atoms with van der Waals surface area (Å²) in [7, 11) is 0. The molecule has 0 bridgehead atoms. The number of ether oxygens (including phenoxy) is 1. The van der Waals surface area contributed by atoms with Crippen molar-refractivity contribution in [2.45, 2.75) is 37.9 Å². The molecule has 1 rings (SSSR count). The van der Waals surface area contributed by atoms with E-state index in [0.29, 0.717) is 17.3 Å². The molecule has 0 N–H and O–H groups in total. The first-order valence-electron chi connectivity index (χ1n) is 6.89. The molecule has 1 atom stereocenters. The van der Waals surface area contributed by atoms with Crippen LogP contribution < -0.4 is 4.90 Å². The molecule has 0 aliphatic carbocycles. The lowest BCUT2D eigenvalue weighted by Gasteiger charge is -2.25. The summed E-state index contributed by atoms with van der Waals surface area (Å²) in [6.45, 7) is 4.78. The van der Waals surface area contributed by atoms with Crippen LogP contribution in [0.1, 0.15) is 33.1 Å². The summed E-state index contributed by atoms with van der Waals surface area (Å²) in [6.07, 6.45) is 2.88. The van der Waals surface area contributed by atoms with Gasteiger partial charge in [-0.1, -0.05) is 59.4 Å². The van der Waals surface area contributed by atoms with Gasteiger partial charge in [-0.15, -0.1) is 0 Å². The van der Waals surface area contributed by atoms with E-state index in [1.54, 1.807) is 11.0 Å². The van der Waals surface area contributed by atoms with Gasteiger partial charge in [0.05, 0.1) is 15.5 Å². The highest BCUT2D eigenvalue weighted by Gasteiger charge is 2.24. The van der Waals surface area contributed by atoms with Gasteiger partial charge >= 0.3 is 0 Å². The van der Waals surface area contributed by atoms with Gasteiger partial charge < -0.3 is 4.74 Å². The van der Waals surface area contributed by atoms with Crippen LogP contribution in [0.4, 0.5) is 5.69 Å². The average Bonchev–Trinajstić information content (AvgIpc) is 2.46. The molecule has 0 aromatic heterocycles. The second kappa shape index (κ2) is 9.37. The third-order valence-corrected chi connectivity index (χ3v) is 4.08. The van der Waals surface area contributed by atoms with E-state index in [1.165, 1.54) is 0 Å². The highest BCUT2D eigenvalue weighted by Crippen LogP contribution is 2.27. The van der Waals surface area contributed by atoms with Crippen LogP contribution in [0.5, 0.6) is 0 Å². The molecule has 112 valence electrons. The van der Waals surface area contributed by atoms with Gasteiger partial charge in [-0.25, -0.2) is 0 Å². The van der Waals surface area contributed by atoms with Crippen LogP contribution >= 0.6 is 27.5 Å². The van der Waals surface area contributed by atoms with Gasteiger partial charge in [0.15, 0.2) is 0 Å². The van der Waals surface area contributed by atoms with Gasteiger partial charge in [0.25, 0.3) is 0 Å². The van der Waals surface area contributed by atoms with E-state index in [1.807, 2.05) is 25.1 Å². The molecule has 1 unspecified atom stereocenters. The van der Waals surface area contributed by atoms with E-state index in [0.717, 1.165) is 19.3 Å². The maximum absolute atomic E-state index is 12.5. The predicted octanol–water partition coefficient (Wildman–Crippen LogP) is 4.62. The highest BCUT2D eigenvalue weighted by molar-refractivity contribution is 9.10. The van der Waals surface area contributed by atoms with Crippen molar-refractivity contribution < 1.29 is 9.53 Å². The van der Waals surface area contributed by atoms with E-state index in [4.69, 9.17) is 16.3 Å². The van der Waals surface area contributed by atoms with Gasteiger partial charge in [-0.05, 0) is 25.5 Å². The van der Waals surface area contributed by atoms with Crippen molar-refractivity contribution in [1.29, 1.82) is 0 Å². The van der Waals surface area contributed by atoms with Crippen molar-refractivity contribution in [2.24, 2.45) is 0 Å². The lowest BCUT2D eigenvalue weighted by atomic mass is 10.2. The number of alkyl halides is 1. The monoisotopic (exact) mass is 361 g/mol. The van der Waals surface area contributed by atoms with E-state index in [2.05, 4.69) is 22.9 Å². The van der Waals surface area contributed by atoms with Crippen molar-refractivity contribution >= 4 is 39.1 Å². The Morgan fingerprint density at radius 2 is 2.10 bits per heavy atom. The van der Waals surface area contributed by atoms with E-state index in [9.17, 15) is 4.79 Å². The minimum absolute atomic E-state index is 0.0139.